The third-order valence-electron chi connectivity index (χ3n) is 6.78. The number of aromatic nitrogens is 1. The fraction of sp³-hybridized carbons (Fsp3) is 0.682. The van der Waals surface area contributed by atoms with E-state index in [4.69, 9.17) is 4.74 Å². The molecule has 0 atom stereocenters. The summed E-state index contributed by atoms with van der Waals surface area (Å²) in [4.78, 5) is 36.1. The Labute approximate surface area is 173 Å². The second-order valence-electron chi connectivity index (χ2n) is 8.93. The van der Waals surface area contributed by atoms with Crippen LogP contribution >= 0.6 is 0 Å². The van der Waals surface area contributed by atoms with Gasteiger partial charge in [-0.2, -0.15) is 0 Å². The van der Waals surface area contributed by atoms with Crippen molar-refractivity contribution in [3.8, 4) is 0 Å². The van der Waals surface area contributed by atoms with Gasteiger partial charge in [-0.15, -0.1) is 0 Å². The van der Waals surface area contributed by atoms with Crippen LogP contribution < -0.4 is 4.90 Å². The molecule has 7 nitrogen and oxygen atoms in total. The van der Waals surface area contributed by atoms with Gasteiger partial charge in [0.05, 0.1) is 0 Å². The fourth-order valence-electron chi connectivity index (χ4n) is 4.92. The number of carbonyl (C=O) groups excluding carboxylic acids is 2. The molecule has 2 fully saturated rings. The molecule has 3 heterocycles. The van der Waals surface area contributed by atoms with E-state index in [2.05, 4.69) is 9.88 Å². The number of fused-ring (bicyclic) bond motifs is 2. The summed E-state index contributed by atoms with van der Waals surface area (Å²) in [6.45, 7) is 4.06. The molecule has 0 radical (unpaired) electrons. The third kappa shape index (κ3) is 3.84. The van der Waals surface area contributed by atoms with Gasteiger partial charge < -0.3 is 19.4 Å². The van der Waals surface area contributed by atoms with E-state index in [1.54, 1.807) is 0 Å². The minimum absolute atomic E-state index is 0.0148. The number of rotatable bonds is 5. The molecule has 1 aromatic heterocycles. The topological polar surface area (TPSA) is 66.0 Å². The maximum Gasteiger partial charge on any atom is 0.358 e. The van der Waals surface area contributed by atoms with Crippen molar-refractivity contribution < 1.29 is 14.3 Å². The van der Waals surface area contributed by atoms with Crippen LogP contribution in [0.1, 0.15) is 54.6 Å². The summed E-state index contributed by atoms with van der Waals surface area (Å²) in [7, 11) is 5.73. The first kappa shape index (κ1) is 20.1. The Morgan fingerprint density at radius 2 is 1.90 bits per heavy atom. The normalized spacial score (nSPS) is 26.4. The van der Waals surface area contributed by atoms with Crippen LogP contribution in [0.2, 0.25) is 0 Å². The summed E-state index contributed by atoms with van der Waals surface area (Å²) in [6, 6.07) is 3.92. The van der Waals surface area contributed by atoms with Crippen molar-refractivity contribution >= 4 is 17.7 Å². The molecule has 2 aliphatic heterocycles. The SMILES string of the molecule is CN(C)c1ccc2c(n1)C(=O)O[C@]21CC[C@H](C(=O)N(C)CCN2CCCC2)CC1. The molecule has 7 heteroatoms. The van der Waals surface area contributed by atoms with Gasteiger partial charge in [-0.1, -0.05) is 0 Å². The molecular formula is C22H32N4O3. The van der Waals surface area contributed by atoms with Crippen LogP contribution in [0.25, 0.3) is 0 Å². The number of nitrogens with zero attached hydrogens (tertiary/aromatic N) is 4. The molecule has 0 unspecified atom stereocenters. The third-order valence-corrected chi connectivity index (χ3v) is 6.78. The van der Waals surface area contributed by atoms with Gasteiger partial charge in [0.15, 0.2) is 5.69 Å². The highest BCUT2D eigenvalue weighted by Crippen LogP contribution is 2.48. The Balaban J connectivity index is 1.38. The van der Waals surface area contributed by atoms with Gasteiger partial charge in [0.25, 0.3) is 0 Å². The van der Waals surface area contributed by atoms with Gasteiger partial charge >= 0.3 is 5.97 Å². The molecule has 0 N–H and O–H groups in total. The summed E-state index contributed by atoms with van der Waals surface area (Å²) < 4.78 is 5.85. The van der Waals surface area contributed by atoms with Crippen LogP contribution in [0.3, 0.4) is 0 Å². The zero-order valence-corrected chi connectivity index (χ0v) is 17.8. The summed E-state index contributed by atoms with van der Waals surface area (Å²) in [5.74, 6) is 0.656. The first-order chi connectivity index (χ1) is 13.9. The van der Waals surface area contributed by atoms with Crippen LogP contribution in [0.15, 0.2) is 12.1 Å². The van der Waals surface area contributed by atoms with Gasteiger partial charge in [-0.05, 0) is 63.7 Å². The molecule has 158 valence electrons. The summed E-state index contributed by atoms with van der Waals surface area (Å²) in [5.41, 5.74) is 0.722. The van der Waals surface area contributed by atoms with E-state index >= 15 is 0 Å². The lowest BCUT2D eigenvalue weighted by molar-refractivity contribution is -0.137. The molecule has 1 aromatic rings. The number of ether oxygens (including phenoxy) is 1. The maximum absolute atomic E-state index is 12.9. The lowest BCUT2D eigenvalue weighted by Gasteiger charge is -2.37. The molecule has 1 saturated heterocycles. The predicted octanol–water partition coefficient (Wildman–Crippen LogP) is 2.26. The van der Waals surface area contributed by atoms with Gasteiger partial charge in [0.2, 0.25) is 5.91 Å². The Morgan fingerprint density at radius 3 is 2.55 bits per heavy atom. The second-order valence-corrected chi connectivity index (χ2v) is 8.93. The standard InChI is InChI=1S/C22H32N4O3/c1-24(2)18-7-6-17-19(23-18)21(28)29-22(17)10-8-16(9-11-22)20(27)25(3)14-15-26-12-4-5-13-26/h6-7,16H,4-5,8-15H2,1-3H3/t16-,22-. The van der Waals surface area contributed by atoms with Crippen molar-refractivity contribution in [3.05, 3.63) is 23.4 Å². The number of carbonyl (C=O) groups is 2. The smallest absolute Gasteiger partial charge is 0.358 e. The van der Waals surface area contributed by atoms with Crippen molar-refractivity contribution in [3.63, 3.8) is 0 Å². The average molecular weight is 401 g/mol. The first-order valence-electron chi connectivity index (χ1n) is 10.8. The molecule has 1 aliphatic carbocycles. The minimum Gasteiger partial charge on any atom is -0.449 e. The number of esters is 1. The van der Waals surface area contributed by atoms with E-state index in [1.807, 2.05) is 43.1 Å². The predicted molar refractivity (Wildman–Crippen MR) is 111 cm³/mol. The van der Waals surface area contributed by atoms with E-state index in [9.17, 15) is 9.59 Å². The van der Waals surface area contributed by atoms with Crippen molar-refractivity contribution in [2.75, 3.05) is 52.2 Å². The highest BCUT2D eigenvalue weighted by atomic mass is 16.6. The second kappa shape index (κ2) is 7.94. The van der Waals surface area contributed by atoms with Crippen LogP contribution in [-0.2, 0) is 15.1 Å². The van der Waals surface area contributed by atoms with Gasteiger partial charge in [0, 0.05) is 45.7 Å². The Kier molecular flexibility index (Phi) is 5.51. The van der Waals surface area contributed by atoms with E-state index in [0.717, 1.165) is 50.4 Å². The zero-order chi connectivity index (χ0) is 20.6. The highest BCUT2D eigenvalue weighted by molar-refractivity contribution is 5.93. The van der Waals surface area contributed by atoms with Gasteiger partial charge in [-0.3, -0.25) is 4.79 Å². The molecule has 1 saturated carbocycles. The van der Waals surface area contributed by atoms with Crippen molar-refractivity contribution in [2.24, 2.45) is 5.92 Å². The lowest BCUT2D eigenvalue weighted by atomic mass is 9.75. The van der Waals surface area contributed by atoms with Gasteiger partial charge in [-0.25, -0.2) is 9.78 Å². The first-order valence-corrected chi connectivity index (χ1v) is 10.8. The maximum atomic E-state index is 12.9. The van der Waals surface area contributed by atoms with Gasteiger partial charge in [0.1, 0.15) is 11.4 Å². The van der Waals surface area contributed by atoms with Crippen LogP contribution in [0, 0.1) is 5.92 Å². The number of anilines is 1. The van der Waals surface area contributed by atoms with E-state index in [0.29, 0.717) is 18.5 Å². The largest absolute Gasteiger partial charge is 0.449 e. The summed E-state index contributed by atoms with van der Waals surface area (Å²) in [5, 5.41) is 0. The average Bonchev–Trinajstić information content (AvgIpc) is 3.33. The van der Waals surface area contributed by atoms with E-state index < -0.39 is 5.60 Å². The number of likely N-dealkylation sites (N-methyl/N-ethyl adjacent to an activating group) is 1. The van der Waals surface area contributed by atoms with Crippen molar-refractivity contribution in [2.45, 2.75) is 44.1 Å². The monoisotopic (exact) mass is 400 g/mol. The van der Waals surface area contributed by atoms with Crippen LogP contribution in [0.4, 0.5) is 5.82 Å². The molecule has 1 spiro atoms. The number of hydrogen-bond acceptors (Lipinski definition) is 6. The molecule has 29 heavy (non-hydrogen) atoms. The molecule has 4 rings (SSSR count). The Bertz CT molecular complexity index is 780. The molecular weight excluding hydrogens is 368 g/mol. The highest BCUT2D eigenvalue weighted by Gasteiger charge is 2.49. The summed E-state index contributed by atoms with van der Waals surface area (Å²) in [6.07, 6.45) is 5.40. The molecule has 1 amide bonds. The quantitative estimate of drug-likeness (QED) is 0.707. The van der Waals surface area contributed by atoms with E-state index in [1.165, 1.54) is 12.8 Å². The zero-order valence-electron chi connectivity index (χ0n) is 17.8. The van der Waals surface area contributed by atoms with Crippen molar-refractivity contribution in [1.82, 2.24) is 14.8 Å². The number of pyridine rings is 1. The number of hydrogen-bond donors (Lipinski definition) is 0. The molecule has 0 bridgehead atoms. The number of amides is 1. The summed E-state index contributed by atoms with van der Waals surface area (Å²) >= 11 is 0. The fourth-order valence-corrected chi connectivity index (χ4v) is 4.92. The van der Waals surface area contributed by atoms with Crippen LogP contribution in [-0.4, -0.2) is 74.0 Å². The van der Waals surface area contributed by atoms with E-state index in [-0.39, 0.29) is 17.8 Å². The Morgan fingerprint density at radius 1 is 1.21 bits per heavy atom. The lowest BCUT2D eigenvalue weighted by Crippen LogP contribution is -2.41. The van der Waals surface area contributed by atoms with Crippen molar-refractivity contribution in [1.29, 1.82) is 0 Å². The molecule has 3 aliphatic rings. The van der Waals surface area contributed by atoms with Crippen LogP contribution in [0.5, 0.6) is 0 Å². The number of likely N-dealkylation sites (tertiary alicyclic amines) is 1. The molecule has 0 aromatic carbocycles. The Hall–Kier alpha value is -2.15. The minimum atomic E-state index is -0.602.